The molecule has 0 amide bonds. The van der Waals surface area contributed by atoms with Crippen LogP contribution in [0.15, 0.2) is 4.99 Å². The van der Waals surface area contributed by atoms with Crippen molar-refractivity contribution in [3.8, 4) is 0 Å². The first-order valence-corrected chi connectivity index (χ1v) is 5.60. The highest BCUT2D eigenvalue weighted by atomic mass is 16.5. The van der Waals surface area contributed by atoms with Gasteiger partial charge in [0.2, 0.25) is 0 Å². The van der Waals surface area contributed by atoms with E-state index in [1.807, 2.05) is 0 Å². The Morgan fingerprint density at radius 1 is 1.43 bits per heavy atom. The third-order valence-corrected chi connectivity index (χ3v) is 2.70. The van der Waals surface area contributed by atoms with Crippen molar-refractivity contribution in [2.75, 3.05) is 6.61 Å². The van der Waals surface area contributed by atoms with Gasteiger partial charge in [0, 0.05) is 5.41 Å². The molecule has 0 aromatic carbocycles. The molecule has 0 saturated heterocycles. The maximum absolute atomic E-state index is 5.68. The summed E-state index contributed by atoms with van der Waals surface area (Å²) in [6.07, 6.45) is 3.65. The van der Waals surface area contributed by atoms with E-state index in [9.17, 15) is 0 Å². The second-order valence-electron chi connectivity index (χ2n) is 5.51. The number of rotatable bonds is 4. The molecule has 14 heavy (non-hydrogen) atoms. The Hall–Kier alpha value is -0.530. The van der Waals surface area contributed by atoms with Crippen molar-refractivity contribution >= 4 is 5.90 Å². The Bertz CT molecular complexity index is 228. The molecule has 0 spiro atoms. The summed E-state index contributed by atoms with van der Waals surface area (Å²) in [5.41, 5.74) is 0.0998. The summed E-state index contributed by atoms with van der Waals surface area (Å²) >= 11 is 0. The monoisotopic (exact) mass is 197 g/mol. The molecule has 82 valence electrons. The van der Waals surface area contributed by atoms with Crippen LogP contribution in [0.3, 0.4) is 0 Å². The lowest BCUT2D eigenvalue weighted by Crippen LogP contribution is -2.24. The van der Waals surface area contributed by atoms with E-state index in [2.05, 4.69) is 39.6 Å². The fraction of sp³-hybridized carbons (Fsp3) is 0.917. The summed E-state index contributed by atoms with van der Waals surface area (Å²) in [7, 11) is 0. The maximum atomic E-state index is 5.68. The molecule has 0 atom stereocenters. The molecule has 1 heterocycles. The summed E-state index contributed by atoms with van der Waals surface area (Å²) in [5.74, 6) is 0.955. The van der Waals surface area contributed by atoms with E-state index < -0.39 is 0 Å². The van der Waals surface area contributed by atoms with Crippen LogP contribution in [0.4, 0.5) is 0 Å². The zero-order chi connectivity index (χ0) is 10.8. The van der Waals surface area contributed by atoms with Gasteiger partial charge in [0.1, 0.15) is 6.61 Å². The van der Waals surface area contributed by atoms with Gasteiger partial charge < -0.3 is 4.74 Å². The SMILES string of the molecule is CCCCC(C)(C)C1=NC(C)(C)CO1. The lowest BCUT2D eigenvalue weighted by Gasteiger charge is -2.23. The summed E-state index contributed by atoms with van der Waals surface area (Å²) in [6, 6.07) is 0. The summed E-state index contributed by atoms with van der Waals surface area (Å²) in [5, 5.41) is 0. The zero-order valence-corrected chi connectivity index (χ0v) is 10.2. The second-order valence-corrected chi connectivity index (χ2v) is 5.51. The summed E-state index contributed by atoms with van der Waals surface area (Å²) < 4.78 is 5.68. The third kappa shape index (κ3) is 2.73. The Balaban J connectivity index is 2.64. The quantitative estimate of drug-likeness (QED) is 0.676. The van der Waals surface area contributed by atoms with Crippen molar-refractivity contribution in [1.29, 1.82) is 0 Å². The summed E-state index contributed by atoms with van der Waals surface area (Å²) in [4.78, 5) is 4.64. The molecule has 0 fully saturated rings. The highest BCUT2D eigenvalue weighted by Crippen LogP contribution is 2.31. The van der Waals surface area contributed by atoms with E-state index in [1.54, 1.807) is 0 Å². The average molecular weight is 197 g/mol. The number of nitrogens with zero attached hydrogens (tertiary/aromatic N) is 1. The molecule has 0 saturated carbocycles. The van der Waals surface area contributed by atoms with Gasteiger partial charge in [0.05, 0.1) is 5.54 Å². The van der Waals surface area contributed by atoms with Gasteiger partial charge in [0.25, 0.3) is 0 Å². The van der Waals surface area contributed by atoms with Gasteiger partial charge in [-0.05, 0) is 20.3 Å². The molecule has 2 heteroatoms. The first-order chi connectivity index (χ1) is 6.37. The van der Waals surface area contributed by atoms with E-state index in [4.69, 9.17) is 4.74 Å². The molecule has 0 aromatic rings. The lowest BCUT2D eigenvalue weighted by molar-refractivity contribution is 0.244. The smallest absolute Gasteiger partial charge is 0.189 e. The van der Waals surface area contributed by atoms with Crippen LogP contribution in [-0.2, 0) is 4.74 Å². The molecule has 1 aliphatic rings. The standard InChI is InChI=1S/C12H23NO/c1-6-7-8-11(2,3)10-13-12(4,5)9-14-10/h6-9H2,1-5H3. The van der Waals surface area contributed by atoms with Gasteiger partial charge in [-0.1, -0.05) is 33.6 Å². The Kier molecular flexibility index (Phi) is 3.23. The van der Waals surface area contributed by atoms with Crippen molar-refractivity contribution in [2.45, 2.75) is 59.4 Å². The lowest BCUT2D eigenvalue weighted by atomic mass is 9.87. The molecule has 1 rings (SSSR count). The molecule has 1 aliphatic heterocycles. The van der Waals surface area contributed by atoms with E-state index >= 15 is 0 Å². The molecular formula is C12H23NO. The Morgan fingerprint density at radius 2 is 2.07 bits per heavy atom. The van der Waals surface area contributed by atoms with E-state index in [0.717, 1.165) is 12.5 Å². The van der Waals surface area contributed by atoms with Crippen LogP contribution in [0.2, 0.25) is 0 Å². The van der Waals surface area contributed by atoms with Gasteiger partial charge in [-0.3, -0.25) is 0 Å². The van der Waals surface area contributed by atoms with E-state index in [1.165, 1.54) is 19.3 Å². The fourth-order valence-corrected chi connectivity index (χ4v) is 1.66. The number of aliphatic imine (C=N–C) groups is 1. The van der Waals surface area contributed by atoms with Gasteiger partial charge in [0.15, 0.2) is 5.90 Å². The topological polar surface area (TPSA) is 21.6 Å². The van der Waals surface area contributed by atoms with Crippen molar-refractivity contribution in [3.63, 3.8) is 0 Å². The van der Waals surface area contributed by atoms with Crippen molar-refractivity contribution < 1.29 is 4.74 Å². The average Bonchev–Trinajstić information content (AvgIpc) is 2.43. The molecular weight excluding hydrogens is 174 g/mol. The molecule has 2 nitrogen and oxygen atoms in total. The van der Waals surface area contributed by atoms with Crippen LogP contribution in [0, 0.1) is 5.41 Å². The van der Waals surface area contributed by atoms with Gasteiger partial charge in [-0.2, -0.15) is 0 Å². The molecule has 0 aliphatic carbocycles. The van der Waals surface area contributed by atoms with Crippen LogP contribution < -0.4 is 0 Å². The van der Waals surface area contributed by atoms with Crippen molar-refractivity contribution in [2.24, 2.45) is 10.4 Å². The van der Waals surface area contributed by atoms with Crippen molar-refractivity contribution in [1.82, 2.24) is 0 Å². The fourth-order valence-electron chi connectivity index (χ4n) is 1.66. The highest BCUT2D eigenvalue weighted by molar-refractivity contribution is 5.83. The minimum absolute atomic E-state index is 0.0151. The highest BCUT2D eigenvalue weighted by Gasteiger charge is 2.35. The molecule has 0 bridgehead atoms. The molecule has 0 unspecified atom stereocenters. The van der Waals surface area contributed by atoms with Crippen LogP contribution in [-0.4, -0.2) is 18.0 Å². The second kappa shape index (κ2) is 3.92. The maximum Gasteiger partial charge on any atom is 0.189 e. The first-order valence-electron chi connectivity index (χ1n) is 5.60. The normalized spacial score (nSPS) is 20.5. The van der Waals surface area contributed by atoms with Crippen LogP contribution in [0.1, 0.15) is 53.9 Å². The Morgan fingerprint density at radius 3 is 2.50 bits per heavy atom. The number of hydrogen-bond acceptors (Lipinski definition) is 2. The minimum Gasteiger partial charge on any atom is -0.478 e. The van der Waals surface area contributed by atoms with E-state index in [0.29, 0.717) is 0 Å². The van der Waals surface area contributed by atoms with Crippen LogP contribution >= 0.6 is 0 Å². The van der Waals surface area contributed by atoms with Crippen molar-refractivity contribution in [3.05, 3.63) is 0 Å². The number of unbranched alkanes of at least 4 members (excludes halogenated alkanes) is 1. The number of hydrogen-bond donors (Lipinski definition) is 0. The van der Waals surface area contributed by atoms with E-state index in [-0.39, 0.29) is 11.0 Å². The zero-order valence-electron chi connectivity index (χ0n) is 10.2. The molecule has 0 aromatic heterocycles. The third-order valence-electron chi connectivity index (χ3n) is 2.70. The molecule has 0 N–H and O–H groups in total. The number of ether oxygens (including phenoxy) is 1. The van der Waals surface area contributed by atoms with Gasteiger partial charge in [-0.25, -0.2) is 4.99 Å². The van der Waals surface area contributed by atoms with Gasteiger partial charge >= 0.3 is 0 Å². The summed E-state index contributed by atoms with van der Waals surface area (Å²) in [6.45, 7) is 11.6. The van der Waals surface area contributed by atoms with Crippen LogP contribution in [0.5, 0.6) is 0 Å². The predicted octanol–water partition coefficient (Wildman–Crippen LogP) is 3.41. The minimum atomic E-state index is -0.0151. The van der Waals surface area contributed by atoms with Crippen LogP contribution in [0.25, 0.3) is 0 Å². The molecule has 0 radical (unpaired) electrons. The largest absolute Gasteiger partial charge is 0.478 e. The predicted molar refractivity (Wildman–Crippen MR) is 60.8 cm³/mol. The Labute approximate surface area is 87.8 Å². The van der Waals surface area contributed by atoms with Gasteiger partial charge in [-0.15, -0.1) is 0 Å². The first kappa shape index (κ1) is 11.5.